The third-order valence-electron chi connectivity index (χ3n) is 2.58. The standard InChI is InChI=1S/C14H12FNO/c1-9-3-2-4-10(7-9)12-6-5-11(14(16)17)8-13(12)15/h2-8H,1H3,(H2,16,17). The van der Waals surface area contributed by atoms with Gasteiger partial charge in [-0.15, -0.1) is 0 Å². The van der Waals surface area contributed by atoms with Crippen molar-refractivity contribution >= 4 is 5.91 Å². The van der Waals surface area contributed by atoms with Crippen molar-refractivity contribution in [3.63, 3.8) is 0 Å². The summed E-state index contributed by atoms with van der Waals surface area (Å²) < 4.78 is 13.8. The highest BCUT2D eigenvalue weighted by atomic mass is 19.1. The van der Waals surface area contributed by atoms with Gasteiger partial charge in [-0.05, 0) is 24.6 Å². The van der Waals surface area contributed by atoms with Crippen LogP contribution in [0.1, 0.15) is 15.9 Å². The average Bonchev–Trinajstić information content (AvgIpc) is 2.28. The van der Waals surface area contributed by atoms with E-state index in [1.807, 2.05) is 31.2 Å². The van der Waals surface area contributed by atoms with Crippen LogP contribution in [0.25, 0.3) is 11.1 Å². The van der Waals surface area contributed by atoms with E-state index in [0.29, 0.717) is 5.56 Å². The van der Waals surface area contributed by atoms with E-state index in [2.05, 4.69) is 0 Å². The Balaban J connectivity index is 2.50. The minimum Gasteiger partial charge on any atom is -0.366 e. The molecule has 0 aromatic heterocycles. The van der Waals surface area contributed by atoms with Gasteiger partial charge in [0, 0.05) is 11.1 Å². The number of primary amides is 1. The minimum atomic E-state index is -0.625. The maximum absolute atomic E-state index is 13.8. The van der Waals surface area contributed by atoms with Gasteiger partial charge in [-0.25, -0.2) is 4.39 Å². The smallest absolute Gasteiger partial charge is 0.248 e. The summed E-state index contributed by atoms with van der Waals surface area (Å²) in [6, 6.07) is 11.8. The first-order valence-electron chi connectivity index (χ1n) is 5.24. The molecular formula is C14H12FNO. The molecule has 2 N–H and O–H groups in total. The highest BCUT2D eigenvalue weighted by Crippen LogP contribution is 2.24. The molecule has 0 spiro atoms. The summed E-state index contributed by atoms with van der Waals surface area (Å²) in [6.07, 6.45) is 0. The highest BCUT2D eigenvalue weighted by molar-refractivity contribution is 5.93. The number of halogens is 1. The molecule has 0 saturated heterocycles. The van der Waals surface area contributed by atoms with E-state index >= 15 is 0 Å². The molecule has 0 heterocycles. The van der Waals surface area contributed by atoms with Crippen molar-refractivity contribution in [2.24, 2.45) is 5.73 Å². The fraction of sp³-hybridized carbons (Fsp3) is 0.0714. The molecule has 2 aromatic rings. The molecule has 0 fully saturated rings. The van der Waals surface area contributed by atoms with Gasteiger partial charge in [0.15, 0.2) is 0 Å². The van der Waals surface area contributed by atoms with E-state index in [9.17, 15) is 9.18 Å². The van der Waals surface area contributed by atoms with E-state index in [4.69, 9.17) is 5.73 Å². The third-order valence-corrected chi connectivity index (χ3v) is 2.58. The summed E-state index contributed by atoms with van der Waals surface area (Å²) in [7, 11) is 0. The molecule has 0 aliphatic rings. The lowest BCUT2D eigenvalue weighted by molar-refractivity contribution is 0.1000. The Hall–Kier alpha value is -2.16. The van der Waals surface area contributed by atoms with Gasteiger partial charge in [0.25, 0.3) is 0 Å². The maximum Gasteiger partial charge on any atom is 0.248 e. The Labute approximate surface area is 98.9 Å². The molecule has 3 heteroatoms. The van der Waals surface area contributed by atoms with Crippen LogP contribution in [0.4, 0.5) is 4.39 Å². The van der Waals surface area contributed by atoms with Crippen molar-refractivity contribution < 1.29 is 9.18 Å². The van der Waals surface area contributed by atoms with E-state index in [0.717, 1.165) is 11.1 Å². The van der Waals surface area contributed by atoms with Crippen molar-refractivity contribution in [2.45, 2.75) is 6.92 Å². The second kappa shape index (κ2) is 4.37. The van der Waals surface area contributed by atoms with Crippen LogP contribution in [0.15, 0.2) is 42.5 Å². The molecule has 2 aromatic carbocycles. The summed E-state index contributed by atoms with van der Waals surface area (Å²) in [4.78, 5) is 10.9. The molecule has 0 aliphatic carbocycles. The molecule has 2 rings (SSSR count). The normalized spacial score (nSPS) is 10.2. The van der Waals surface area contributed by atoms with Crippen LogP contribution in [-0.4, -0.2) is 5.91 Å². The first-order valence-corrected chi connectivity index (χ1v) is 5.24. The van der Waals surface area contributed by atoms with Crippen LogP contribution in [0, 0.1) is 12.7 Å². The number of benzene rings is 2. The average molecular weight is 229 g/mol. The number of amides is 1. The summed E-state index contributed by atoms with van der Waals surface area (Å²) in [5.41, 5.74) is 7.59. The van der Waals surface area contributed by atoms with E-state index in [1.165, 1.54) is 12.1 Å². The number of nitrogens with two attached hydrogens (primary N) is 1. The quantitative estimate of drug-likeness (QED) is 0.845. The van der Waals surface area contributed by atoms with Crippen molar-refractivity contribution in [2.75, 3.05) is 0 Å². The fourth-order valence-corrected chi connectivity index (χ4v) is 1.72. The molecule has 0 aliphatic heterocycles. The highest BCUT2D eigenvalue weighted by Gasteiger charge is 2.08. The van der Waals surface area contributed by atoms with E-state index in [1.54, 1.807) is 6.07 Å². The van der Waals surface area contributed by atoms with Crippen LogP contribution < -0.4 is 5.73 Å². The molecule has 0 radical (unpaired) electrons. The van der Waals surface area contributed by atoms with Gasteiger partial charge in [-0.3, -0.25) is 4.79 Å². The Morgan fingerprint density at radius 2 is 1.94 bits per heavy atom. The molecule has 17 heavy (non-hydrogen) atoms. The number of aryl methyl sites for hydroxylation is 1. The van der Waals surface area contributed by atoms with Crippen molar-refractivity contribution in [3.05, 3.63) is 59.4 Å². The van der Waals surface area contributed by atoms with Gasteiger partial charge >= 0.3 is 0 Å². The molecule has 0 unspecified atom stereocenters. The molecule has 1 amide bonds. The zero-order valence-electron chi connectivity index (χ0n) is 9.41. The van der Waals surface area contributed by atoms with Crippen molar-refractivity contribution in [1.29, 1.82) is 0 Å². The monoisotopic (exact) mass is 229 g/mol. The summed E-state index contributed by atoms with van der Waals surface area (Å²) in [5, 5.41) is 0. The molecule has 2 nitrogen and oxygen atoms in total. The molecule has 0 bridgehead atoms. The first kappa shape index (κ1) is 11.3. The zero-order valence-corrected chi connectivity index (χ0v) is 9.41. The number of hydrogen-bond acceptors (Lipinski definition) is 1. The minimum absolute atomic E-state index is 0.180. The zero-order chi connectivity index (χ0) is 12.4. The second-order valence-corrected chi connectivity index (χ2v) is 3.93. The first-order chi connectivity index (χ1) is 8.08. The van der Waals surface area contributed by atoms with Crippen LogP contribution in [-0.2, 0) is 0 Å². The van der Waals surface area contributed by atoms with E-state index < -0.39 is 11.7 Å². The predicted molar refractivity (Wildman–Crippen MR) is 65.1 cm³/mol. The maximum atomic E-state index is 13.8. The fourth-order valence-electron chi connectivity index (χ4n) is 1.72. The summed E-state index contributed by atoms with van der Waals surface area (Å²) >= 11 is 0. The van der Waals surface area contributed by atoms with Crippen LogP contribution in [0.5, 0.6) is 0 Å². The summed E-state index contributed by atoms with van der Waals surface area (Å²) in [5.74, 6) is -1.06. The molecule has 86 valence electrons. The number of rotatable bonds is 2. The van der Waals surface area contributed by atoms with Crippen LogP contribution in [0.3, 0.4) is 0 Å². The van der Waals surface area contributed by atoms with Crippen molar-refractivity contribution in [1.82, 2.24) is 0 Å². The van der Waals surface area contributed by atoms with Gasteiger partial charge in [-0.1, -0.05) is 35.9 Å². The number of carbonyl (C=O) groups excluding carboxylic acids is 1. The number of carbonyl (C=O) groups is 1. The third kappa shape index (κ3) is 2.33. The van der Waals surface area contributed by atoms with E-state index in [-0.39, 0.29) is 5.56 Å². The largest absolute Gasteiger partial charge is 0.366 e. The molecular weight excluding hydrogens is 217 g/mol. The topological polar surface area (TPSA) is 43.1 Å². The summed E-state index contributed by atoms with van der Waals surface area (Å²) in [6.45, 7) is 1.94. The van der Waals surface area contributed by atoms with Gasteiger partial charge in [0.2, 0.25) is 5.91 Å². The van der Waals surface area contributed by atoms with Crippen LogP contribution >= 0.6 is 0 Å². The Bertz CT molecular complexity index is 578. The lowest BCUT2D eigenvalue weighted by atomic mass is 10.0. The molecule has 0 saturated carbocycles. The van der Waals surface area contributed by atoms with Crippen molar-refractivity contribution in [3.8, 4) is 11.1 Å². The Morgan fingerprint density at radius 3 is 2.53 bits per heavy atom. The second-order valence-electron chi connectivity index (χ2n) is 3.93. The van der Waals surface area contributed by atoms with Gasteiger partial charge in [-0.2, -0.15) is 0 Å². The van der Waals surface area contributed by atoms with Gasteiger partial charge in [0.05, 0.1) is 0 Å². The predicted octanol–water partition coefficient (Wildman–Crippen LogP) is 2.90. The SMILES string of the molecule is Cc1cccc(-c2ccc(C(N)=O)cc2F)c1. The lowest BCUT2D eigenvalue weighted by Gasteiger charge is -2.05. The Morgan fingerprint density at radius 1 is 1.18 bits per heavy atom. The molecule has 0 atom stereocenters. The Kier molecular flexibility index (Phi) is 2.91. The van der Waals surface area contributed by atoms with Crippen LogP contribution in [0.2, 0.25) is 0 Å². The lowest BCUT2D eigenvalue weighted by Crippen LogP contribution is -2.11. The number of hydrogen-bond donors (Lipinski definition) is 1. The van der Waals surface area contributed by atoms with Gasteiger partial charge in [0.1, 0.15) is 5.82 Å². The van der Waals surface area contributed by atoms with Gasteiger partial charge < -0.3 is 5.73 Å².